The molecule has 0 saturated carbocycles. The molecule has 2 aromatic rings. The van der Waals surface area contributed by atoms with Crippen LogP contribution in [0.25, 0.3) is 11.2 Å². The Balaban J connectivity index is 1.68. The van der Waals surface area contributed by atoms with E-state index >= 15 is 0 Å². The molecule has 1 N–H and O–H groups in total. The van der Waals surface area contributed by atoms with Crippen LogP contribution in [0.3, 0.4) is 0 Å². The Kier molecular flexibility index (Phi) is 3.41. The highest BCUT2D eigenvalue weighted by atomic mass is 32.2. The van der Waals surface area contributed by atoms with E-state index in [1.54, 1.807) is 0 Å². The number of anilines is 1. The minimum absolute atomic E-state index is 0.230. The number of aromatic nitrogens is 4. The molecule has 6 nitrogen and oxygen atoms in total. The van der Waals surface area contributed by atoms with Gasteiger partial charge in [0.2, 0.25) is 0 Å². The lowest BCUT2D eigenvalue weighted by molar-refractivity contribution is -0.0130. The van der Waals surface area contributed by atoms with Crippen LogP contribution in [0.5, 0.6) is 0 Å². The molecule has 2 saturated heterocycles. The maximum atomic E-state index is 12.5. The number of hydrogen-bond acceptors (Lipinski definition) is 6. The average molecular weight is 327 g/mol. The standard InChI is InChI=1S/C13H15F2N5OS/c14-11(15)9(21)3-19-6-18-10-12(19)16-5-17-13(10)20-2-8-1-7(20)4-22-8/h5-9,11,21H,1-4H2/t7-,8-,9?/m0/s1. The largest absolute Gasteiger partial charge is 0.385 e. The molecular weight excluding hydrogens is 312 g/mol. The molecule has 0 aliphatic carbocycles. The SMILES string of the molecule is OC(Cn1cnc2c(N3C[C@@H]4C[C@H]3CS4)ncnc21)C(F)F. The van der Waals surface area contributed by atoms with Gasteiger partial charge in [-0.3, -0.25) is 0 Å². The van der Waals surface area contributed by atoms with Gasteiger partial charge in [0.15, 0.2) is 17.0 Å². The second kappa shape index (κ2) is 5.31. The molecule has 4 heterocycles. The zero-order valence-corrected chi connectivity index (χ0v) is 12.5. The summed E-state index contributed by atoms with van der Waals surface area (Å²) in [4.78, 5) is 15.0. The quantitative estimate of drug-likeness (QED) is 0.909. The van der Waals surface area contributed by atoms with Gasteiger partial charge in [0.25, 0.3) is 6.43 Å². The van der Waals surface area contributed by atoms with E-state index in [9.17, 15) is 13.9 Å². The van der Waals surface area contributed by atoms with Gasteiger partial charge in [-0.15, -0.1) is 0 Å². The summed E-state index contributed by atoms with van der Waals surface area (Å²) < 4.78 is 26.5. The van der Waals surface area contributed by atoms with Crippen molar-refractivity contribution in [3.63, 3.8) is 0 Å². The number of aliphatic hydroxyl groups is 1. The van der Waals surface area contributed by atoms with Crippen LogP contribution in [0.4, 0.5) is 14.6 Å². The summed E-state index contributed by atoms with van der Waals surface area (Å²) in [6.45, 7) is 0.709. The molecule has 2 bridgehead atoms. The van der Waals surface area contributed by atoms with E-state index in [0.717, 1.165) is 24.5 Å². The fraction of sp³-hybridized carbons (Fsp3) is 0.615. The third kappa shape index (κ3) is 2.23. The number of halogens is 2. The van der Waals surface area contributed by atoms with Crippen LogP contribution in [0.1, 0.15) is 6.42 Å². The normalized spacial score (nSPS) is 25.5. The molecule has 2 aromatic heterocycles. The van der Waals surface area contributed by atoms with Crippen molar-refractivity contribution in [3.05, 3.63) is 12.7 Å². The first-order chi connectivity index (χ1) is 10.6. The molecule has 22 heavy (non-hydrogen) atoms. The molecule has 2 fully saturated rings. The number of rotatable bonds is 4. The highest BCUT2D eigenvalue weighted by Gasteiger charge is 2.40. The number of imidazole rings is 1. The molecule has 0 aromatic carbocycles. The number of nitrogens with zero attached hydrogens (tertiary/aromatic N) is 5. The van der Waals surface area contributed by atoms with Crippen molar-refractivity contribution < 1.29 is 13.9 Å². The Morgan fingerprint density at radius 3 is 2.91 bits per heavy atom. The van der Waals surface area contributed by atoms with Crippen LogP contribution in [-0.4, -0.2) is 60.7 Å². The minimum atomic E-state index is -2.79. The second-order valence-electron chi connectivity index (χ2n) is 5.67. The van der Waals surface area contributed by atoms with Gasteiger partial charge < -0.3 is 14.6 Å². The van der Waals surface area contributed by atoms with E-state index in [0.29, 0.717) is 22.5 Å². The summed E-state index contributed by atoms with van der Waals surface area (Å²) in [5.74, 6) is 1.85. The number of alkyl halides is 2. The average Bonchev–Trinajstić information content (AvgIpc) is 3.22. The zero-order valence-electron chi connectivity index (χ0n) is 11.6. The first-order valence-electron chi connectivity index (χ1n) is 7.14. The molecule has 1 unspecified atom stereocenters. The Morgan fingerprint density at radius 2 is 2.23 bits per heavy atom. The van der Waals surface area contributed by atoms with E-state index in [2.05, 4.69) is 19.9 Å². The van der Waals surface area contributed by atoms with Crippen molar-refractivity contribution in [3.8, 4) is 0 Å². The van der Waals surface area contributed by atoms with E-state index in [1.165, 1.54) is 17.2 Å². The lowest BCUT2D eigenvalue weighted by Crippen LogP contribution is -2.34. The Morgan fingerprint density at radius 1 is 1.36 bits per heavy atom. The predicted octanol–water partition coefficient (Wildman–Crippen LogP) is 1.15. The number of hydrogen-bond donors (Lipinski definition) is 1. The molecule has 0 spiro atoms. The Hall–Kier alpha value is -1.48. The van der Waals surface area contributed by atoms with Gasteiger partial charge in [-0.1, -0.05) is 0 Å². The van der Waals surface area contributed by atoms with Gasteiger partial charge in [0.1, 0.15) is 12.4 Å². The van der Waals surface area contributed by atoms with Gasteiger partial charge in [0.05, 0.1) is 12.9 Å². The number of thioether (sulfide) groups is 1. The van der Waals surface area contributed by atoms with E-state index in [1.807, 2.05) is 11.8 Å². The first-order valence-corrected chi connectivity index (χ1v) is 8.18. The number of fused-ring (bicyclic) bond motifs is 3. The monoisotopic (exact) mass is 327 g/mol. The molecule has 0 radical (unpaired) electrons. The topological polar surface area (TPSA) is 67.1 Å². The summed E-state index contributed by atoms with van der Waals surface area (Å²) in [5.41, 5.74) is 1.10. The van der Waals surface area contributed by atoms with Crippen molar-refractivity contribution in [2.45, 2.75) is 36.8 Å². The highest BCUT2D eigenvalue weighted by Crippen LogP contribution is 2.40. The number of aliphatic hydroxyl groups excluding tert-OH is 1. The lowest BCUT2D eigenvalue weighted by Gasteiger charge is -2.27. The molecule has 118 valence electrons. The molecule has 0 amide bonds. The second-order valence-corrected chi connectivity index (χ2v) is 7.00. The molecular formula is C13H15F2N5OS. The van der Waals surface area contributed by atoms with Crippen molar-refractivity contribution >= 4 is 28.7 Å². The van der Waals surface area contributed by atoms with E-state index in [-0.39, 0.29) is 6.54 Å². The third-order valence-electron chi connectivity index (χ3n) is 4.23. The van der Waals surface area contributed by atoms with E-state index < -0.39 is 12.5 Å². The van der Waals surface area contributed by atoms with Crippen LogP contribution in [0.15, 0.2) is 12.7 Å². The summed E-state index contributed by atoms with van der Waals surface area (Å²) in [7, 11) is 0. The molecule has 2 aliphatic rings. The summed E-state index contributed by atoms with van der Waals surface area (Å²) >= 11 is 1.99. The Bertz CT molecular complexity index is 696. The van der Waals surface area contributed by atoms with Crippen LogP contribution in [0.2, 0.25) is 0 Å². The predicted molar refractivity (Wildman–Crippen MR) is 79.3 cm³/mol. The van der Waals surface area contributed by atoms with Crippen molar-refractivity contribution in [1.29, 1.82) is 0 Å². The zero-order chi connectivity index (χ0) is 15.3. The fourth-order valence-corrected chi connectivity index (χ4v) is 4.59. The maximum absolute atomic E-state index is 12.5. The molecule has 3 atom stereocenters. The Labute approximate surface area is 129 Å². The molecule has 9 heteroatoms. The highest BCUT2D eigenvalue weighted by molar-refractivity contribution is 8.00. The summed E-state index contributed by atoms with van der Waals surface area (Å²) in [6.07, 6.45) is -0.484. The smallest absolute Gasteiger partial charge is 0.265 e. The molecule has 4 rings (SSSR count). The fourth-order valence-electron chi connectivity index (χ4n) is 3.15. The van der Waals surface area contributed by atoms with Crippen LogP contribution < -0.4 is 4.90 Å². The van der Waals surface area contributed by atoms with Crippen LogP contribution in [0, 0.1) is 0 Å². The van der Waals surface area contributed by atoms with Gasteiger partial charge in [-0.25, -0.2) is 23.7 Å². The first kappa shape index (κ1) is 14.1. The van der Waals surface area contributed by atoms with E-state index in [4.69, 9.17) is 0 Å². The van der Waals surface area contributed by atoms with Crippen molar-refractivity contribution in [1.82, 2.24) is 19.5 Å². The van der Waals surface area contributed by atoms with Gasteiger partial charge in [-0.05, 0) is 6.42 Å². The van der Waals surface area contributed by atoms with Gasteiger partial charge in [0, 0.05) is 23.6 Å². The summed E-state index contributed by atoms with van der Waals surface area (Å²) in [5, 5.41) is 10.0. The van der Waals surface area contributed by atoms with Crippen molar-refractivity contribution in [2.75, 3.05) is 17.2 Å². The van der Waals surface area contributed by atoms with Gasteiger partial charge >= 0.3 is 0 Å². The lowest BCUT2D eigenvalue weighted by atomic mass is 10.2. The maximum Gasteiger partial charge on any atom is 0.265 e. The third-order valence-corrected chi connectivity index (χ3v) is 5.62. The van der Waals surface area contributed by atoms with Crippen LogP contribution >= 0.6 is 11.8 Å². The van der Waals surface area contributed by atoms with Crippen LogP contribution in [-0.2, 0) is 6.54 Å². The minimum Gasteiger partial charge on any atom is -0.385 e. The van der Waals surface area contributed by atoms with Crippen molar-refractivity contribution in [2.24, 2.45) is 0 Å². The van der Waals surface area contributed by atoms with Gasteiger partial charge in [-0.2, -0.15) is 11.8 Å². The molecule has 2 aliphatic heterocycles. The summed E-state index contributed by atoms with van der Waals surface area (Å²) in [6, 6.07) is 0.463.